The number of aryl methyl sites for hydroxylation is 2. The Morgan fingerprint density at radius 3 is 2.92 bits per heavy atom. The van der Waals surface area contributed by atoms with Gasteiger partial charge in [0, 0.05) is 31.8 Å². The first-order valence-electron chi connectivity index (χ1n) is 8.89. The van der Waals surface area contributed by atoms with Gasteiger partial charge in [0.25, 0.3) is 0 Å². The summed E-state index contributed by atoms with van der Waals surface area (Å²) in [5.74, 6) is 1.12. The zero-order valence-corrected chi connectivity index (χ0v) is 14.7. The topological polar surface area (TPSA) is 56.0 Å². The number of para-hydroxylation sites is 2. The Morgan fingerprint density at radius 1 is 1.32 bits per heavy atom. The van der Waals surface area contributed by atoms with Crippen LogP contribution in [0.3, 0.4) is 0 Å². The number of carbonyl (C=O) groups excluding carboxylic acids is 1. The van der Waals surface area contributed by atoms with Crippen molar-refractivity contribution in [2.45, 2.75) is 38.8 Å². The van der Waals surface area contributed by atoms with E-state index in [1.165, 1.54) is 0 Å². The van der Waals surface area contributed by atoms with E-state index < -0.39 is 0 Å². The van der Waals surface area contributed by atoms with Crippen LogP contribution >= 0.6 is 0 Å². The van der Waals surface area contributed by atoms with E-state index in [0.717, 1.165) is 48.2 Å². The van der Waals surface area contributed by atoms with Crippen molar-refractivity contribution in [3.05, 3.63) is 48.0 Å². The van der Waals surface area contributed by atoms with Crippen LogP contribution in [0.5, 0.6) is 0 Å². The SMILES string of the molecule is CCc1nc2ccccc2n1CC(=O)N1CCCC1c1cnn(C)c1. The Bertz CT molecular complexity index is 910. The lowest BCUT2D eigenvalue weighted by Gasteiger charge is -2.24. The van der Waals surface area contributed by atoms with Crippen LogP contribution in [0.25, 0.3) is 11.0 Å². The molecule has 0 radical (unpaired) electrons. The van der Waals surface area contributed by atoms with Crippen molar-refractivity contribution < 1.29 is 4.79 Å². The highest BCUT2D eigenvalue weighted by molar-refractivity contribution is 5.81. The number of nitrogens with zero attached hydrogens (tertiary/aromatic N) is 5. The maximum absolute atomic E-state index is 13.1. The standard InChI is InChI=1S/C19H23N5O/c1-3-18-21-15-7-4-5-8-17(15)24(18)13-19(25)23-10-6-9-16(23)14-11-20-22(2)12-14/h4-5,7-8,11-12,16H,3,6,9-10,13H2,1-2H3. The van der Waals surface area contributed by atoms with Crippen molar-refractivity contribution in [2.75, 3.05) is 6.54 Å². The number of likely N-dealkylation sites (tertiary alicyclic amines) is 1. The molecular formula is C19H23N5O. The van der Waals surface area contributed by atoms with Crippen LogP contribution in [0.15, 0.2) is 36.7 Å². The zero-order valence-electron chi connectivity index (χ0n) is 14.7. The summed E-state index contributed by atoms with van der Waals surface area (Å²) >= 11 is 0. The van der Waals surface area contributed by atoms with Gasteiger partial charge in [-0.2, -0.15) is 5.10 Å². The maximum atomic E-state index is 13.1. The average molecular weight is 337 g/mol. The summed E-state index contributed by atoms with van der Waals surface area (Å²) in [6.45, 7) is 3.24. The maximum Gasteiger partial charge on any atom is 0.243 e. The molecule has 3 heterocycles. The Balaban J connectivity index is 1.61. The Hall–Kier alpha value is -2.63. The van der Waals surface area contributed by atoms with E-state index in [0.29, 0.717) is 6.54 Å². The highest BCUT2D eigenvalue weighted by Crippen LogP contribution is 2.32. The Morgan fingerprint density at radius 2 is 2.16 bits per heavy atom. The molecule has 1 aromatic carbocycles. The second kappa shape index (κ2) is 6.35. The highest BCUT2D eigenvalue weighted by atomic mass is 16.2. The molecule has 2 aromatic heterocycles. The van der Waals surface area contributed by atoms with Gasteiger partial charge in [0.15, 0.2) is 0 Å². The number of benzene rings is 1. The third kappa shape index (κ3) is 2.81. The Labute approximate surface area is 147 Å². The van der Waals surface area contributed by atoms with Gasteiger partial charge in [0.1, 0.15) is 12.4 Å². The van der Waals surface area contributed by atoms with E-state index in [1.807, 2.05) is 48.6 Å². The molecule has 1 aliphatic heterocycles. The minimum absolute atomic E-state index is 0.140. The summed E-state index contributed by atoms with van der Waals surface area (Å²) in [5, 5.41) is 4.26. The molecule has 0 spiro atoms. The quantitative estimate of drug-likeness (QED) is 0.735. The van der Waals surface area contributed by atoms with Gasteiger partial charge in [-0.15, -0.1) is 0 Å². The minimum Gasteiger partial charge on any atom is -0.334 e. The van der Waals surface area contributed by atoms with Crippen LogP contribution in [0.1, 0.15) is 37.2 Å². The van der Waals surface area contributed by atoms with Gasteiger partial charge in [-0.3, -0.25) is 9.48 Å². The van der Waals surface area contributed by atoms with Gasteiger partial charge in [0.2, 0.25) is 5.91 Å². The molecular weight excluding hydrogens is 314 g/mol. The minimum atomic E-state index is 0.140. The molecule has 1 saturated heterocycles. The van der Waals surface area contributed by atoms with E-state index in [-0.39, 0.29) is 11.9 Å². The number of carbonyl (C=O) groups is 1. The number of hydrogen-bond acceptors (Lipinski definition) is 3. The third-order valence-electron chi connectivity index (χ3n) is 5.03. The van der Waals surface area contributed by atoms with Crippen LogP contribution in [-0.4, -0.2) is 36.7 Å². The Kier molecular flexibility index (Phi) is 4.03. The average Bonchev–Trinajstić information content (AvgIpc) is 3.33. The summed E-state index contributed by atoms with van der Waals surface area (Å²) < 4.78 is 3.87. The molecule has 0 aliphatic carbocycles. The lowest BCUT2D eigenvalue weighted by molar-refractivity contribution is -0.132. The van der Waals surface area contributed by atoms with Crippen molar-refractivity contribution in [3.63, 3.8) is 0 Å². The van der Waals surface area contributed by atoms with Crippen LogP contribution in [0.2, 0.25) is 0 Å². The number of amides is 1. The fourth-order valence-corrected chi connectivity index (χ4v) is 3.82. The summed E-state index contributed by atoms with van der Waals surface area (Å²) in [4.78, 5) is 19.7. The summed E-state index contributed by atoms with van der Waals surface area (Å²) in [6, 6.07) is 8.17. The van der Waals surface area contributed by atoms with Crippen molar-refractivity contribution in [2.24, 2.45) is 7.05 Å². The van der Waals surface area contributed by atoms with Gasteiger partial charge in [0.05, 0.1) is 23.3 Å². The largest absolute Gasteiger partial charge is 0.334 e. The van der Waals surface area contributed by atoms with E-state index in [9.17, 15) is 4.79 Å². The van der Waals surface area contributed by atoms with Crippen molar-refractivity contribution in [3.8, 4) is 0 Å². The fourth-order valence-electron chi connectivity index (χ4n) is 3.82. The summed E-state index contributed by atoms with van der Waals surface area (Å²) in [7, 11) is 1.91. The second-order valence-corrected chi connectivity index (χ2v) is 6.65. The van der Waals surface area contributed by atoms with Gasteiger partial charge < -0.3 is 9.47 Å². The first kappa shape index (κ1) is 15.9. The zero-order chi connectivity index (χ0) is 17.4. The number of aromatic nitrogens is 4. The summed E-state index contributed by atoms with van der Waals surface area (Å²) in [6.07, 6.45) is 6.74. The number of rotatable bonds is 4. The summed E-state index contributed by atoms with van der Waals surface area (Å²) in [5.41, 5.74) is 3.11. The van der Waals surface area contributed by atoms with Crippen LogP contribution < -0.4 is 0 Å². The monoisotopic (exact) mass is 337 g/mol. The molecule has 4 rings (SSSR count). The highest BCUT2D eigenvalue weighted by Gasteiger charge is 2.31. The first-order chi connectivity index (χ1) is 12.2. The van der Waals surface area contributed by atoms with Crippen LogP contribution in [-0.2, 0) is 24.8 Å². The van der Waals surface area contributed by atoms with Crippen molar-refractivity contribution >= 4 is 16.9 Å². The number of hydrogen-bond donors (Lipinski definition) is 0. The molecule has 1 atom stereocenters. The van der Waals surface area contributed by atoms with Gasteiger partial charge in [-0.05, 0) is 25.0 Å². The van der Waals surface area contributed by atoms with E-state index in [4.69, 9.17) is 0 Å². The molecule has 1 fully saturated rings. The molecule has 0 bridgehead atoms. The molecule has 0 N–H and O–H groups in total. The molecule has 1 unspecified atom stereocenters. The van der Waals surface area contributed by atoms with Crippen LogP contribution in [0, 0.1) is 0 Å². The van der Waals surface area contributed by atoms with Gasteiger partial charge >= 0.3 is 0 Å². The molecule has 1 aliphatic rings. The van der Waals surface area contributed by atoms with E-state index in [2.05, 4.69) is 21.6 Å². The van der Waals surface area contributed by atoms with E-state index >= 15 is 0 Å². The number of fused-ring (bicyclic) bond motifs is 1. The predicted octanol–water partition coefficient (Wildman–Crippen LogP) is 2.70. The third-order valence-corrected chi connectivity index (χ3v) is 5.03. The van der Waals surface area contributed by atoms with E-state index in [1.54, 1.807) is 4.68 Å². The molecule has 0 saturated carbocycles. The molecule has 6 nitrogen and oxygen atoms in total. The van der Waals surface area contributed by atoms with Crippen molar-refractivity contribution in [1.29, 1.82) is 0 Å². The molecule has 6 heteroatoms. The smallest absolute Gasteiger partial charge is 0.243 e. The number of imidazole rings is 1. The van der Waals surface area contributed by atoms with Crippen LogP contribution in [0.4, 0.5) is 0 Å². The fraction of sp³-hybridized carbons (Fsp3) is 0.421. The second-order valence-electron chi connectivity index (χ2n) is 6.65. The molecule has 1 amide bonds. The van der Waals surface area contributed by atoms with Gasteiger partial charge in [-0.25, -0.2) is 4.98 Å². The molecule has 3 aromatic rings. The predicted molar refractivity (Wildman–Crippen MR) is 96.0 cm³/mol. The molecule has 25 heavy (non-hydrogen) atoms. The van der Waals surface area contributed by atoms with Crippen molar-refractivity contribution in [1.82, 2.24) is 24.2 Å². The lowest BCUT2D eigenvalue weighted by atomic mass is 10.1. The first-order valence-corrected chi connectivity index (χ1v) is 8.89. The lowest BCUT2D eigenvalue weighted by Crippen LogP contribution is -2.33. The normalized spacial score (nSPS) is 17.5. The van der Waals surface area contributed by atoms with Gasteiger partial charge in [-0.1, -0.05) is 19.1 Å². The molecule has 130 valence electrons.